The number of carbonyl (C=O) groups is 2. The standard InChI is InChI=1S/C12H10O4S/c13-9-3-1-5-11(7-9)17(15,16)12-6-2-4-10(14)8-12/h1-2,5-8H,3-4H2. The summed E-state index contributed by atoms with van der Waals surface area (Å²) < 4.78 is 24.2. The Labute approximate surface area is 98.9 Å². The quantitative estimate of drug-likeness (QED) is 0.739. The first-order valence-corrected chi connectivity index (χ1v) is 6.56. The second-order valence-corrected chi connectivity index (χ2v) is 5.69. The molecule has 2 rings (SSSR count). The number of hydrogen-bond acceptors (Lipinski definition) is 4. The van der Waals surface area contributed by atoms with Crippen LogP contribution in [0.5, 0.6) is 0 Å². The van der Waals surface area contributed by atoms with E-state index in [0.717, 1.165) is 12.2 Å². The summed E-state index contributed by atoms with van der Waals surface area (Å²) in [5, 5.41) is 0. The number of ketones is 2. The molecule has 0 aromatic carbocycles. The highest BCUT2D eigenvalue weighted by atomic mass is 32.2. The van der Waals surface area contributed by atoms with Gasteiger partial charge in [-0.1, -0.05) is 12.2 Å². The Morgan fingerprint density at radius 1 is 0.824 bits per heavy atom. The minimum atomic E-state index is -3.74. The van der Waals surface area contributed by atoms with Gasteiger partial charge in [0.25, 0.3) is 0 Å². The second-order valence-electron chi connectivity index (χ2n) is 3.74. The lowest BCUT2D eigenvalue weighted by Crippen LogP contribution is -2.12. The molecule has 0 aromatic heterocycles. The van der Waals surface area contributed by atoms with Crippen LogP contribution in [0, 0.1) is 0 Å². The Bertz CT molecular complexity index is 552. The molecule has 0 bridgehead atoms. The molecule has 0 fully saturated rings. The van der Waals surface area contributed by atoms with Gasteiger partial charge in [0.1, 0.15) is 0 Å². The van der Waals surface area contributed by atoms with Gasteiger partial charge in [-0.15, -0.1) is 0 Å². The predicted octanol–water partition coefficient (Wildman–Crippen LogP) is 1.23. The summed E-state index contributed by atoms with van der Waals surface area (Å²) >= 11 is 0. The van der Waals surface area contributed by atoms with E-state index in [1.165, 1.54) is 24.3 Å². The fourth-order valence-corrected chi connectivity index (χ4v) is 2.98. The molecule has 0 amide bonds. The Hall–Kier alpha value is -1.75. The summed E-state index contributed by atoms with van der Waals surface area (Å²) in [6, 6.07) is 0. The van der Waals surface area contributed by atoms with Crippen molar-refractivity contribution in [2.75, 3.05) is 0 Å². The van der Waals surface area contributed by atoms with Crippen molar-refractivity contribution >= 4 is 21.4 Å². The fraction of sp³-hybridized carbons (Fsp3) is 0.167. The van der Waals surface area contributed by atoms with Gasteiger partial charge >= 0.3 is 0 Å². The molecule has 0 saturated carbocycles. The van der Waals surface area contributed by atoms with Gasteiger partial charge in [0.2, 0.25) is 9.84 Å². The molecular formula is C12H10O4S. The topological polar surface area (TPSA) is 68.3 Å². The predicted molar refractivity (Wildman–Crippen MR) is 62.6 cm³/mol. The maximum Gasteiger partial charge on any atom is 0.206 e. The van der Waals surface area contributed by atoms with Gasteiger partial charge in [-0.05, 0) is 12.2 Å². The lowest BCUT2D eigenvalue weighted by atomic mass is 10.2. The average molecular weight is 250 g/mol. The molecule has 0 unspecified atom stereocenters. The van der Waals surface area contributed by atoms with Crippen molar-refractivity contribution < 1.29 is 18.0 Å². The Balaban J connectivity index is 2.44. The fourth-order valence-electron chi connectivity index (χ4n) is 1.58. The molecule has 0 radical (unpaired) electrons. The first-order chi connectivity index (χ1) is 8.00. The van der Waals surface area contributed by atoms with Crippen LogP contribution in [-0.4, -0.2) is 20.0 Å². The van der Waals surface area contributed by atoms with Gasteiger partial charge in [-0.3, -0.25) is 9.59 Å². The van der Waals surface area contributed by atoms with Gasteiger partial charge in [0.15, 0.2) is 11.6 Å². The van der Waals surface area contributed by atoms with Crippen molar-refractivity contribution in [3.8, 4) is 0 Å². The summed E-state index contributed by atoms with van der Waals surface area (Å²) in [7, 11) is -3.74. The first-order valence-electron chi connectivity index (χ1n) is 5.07. The number of allylic oxidation sites excluding steroid dienone is 6. The molecule has 0 aliphatic heterocycles. The summed E-state index contributed by atoms with van der Waals surface area (Å²) in [6.45, 7) is 0. The Kier molecular flexibility index (Phi) is 2.93. The SMILES string of the molecule is O=C1C=C(S(=O)(=O)C2=CC(=O)CC=C2)C=CC1. The Morgan fingerprint density at radius 2 is 1.24 bits per heavy atom. The minimum Gasteiger partial charge on any atom is -0.294 e. The van der Waals surface area contributed by atoms with Crippen LogP contribution >= 0.6 is 0 Å². The molecule has 2 aliphatic carbocycles. The molecule has 88 valence electrons. The van der Waals surface area contributed by atoms with Crippen LogP contribution in [0.1, 0.15) is 12.8 Å². The second kappa shape index (κ2) is 4.25. The lowest BCUT2D eigenvalue weighted by Gasteiger charge is -2.10. The van der Waals surface area contributed by atoms with Gasteiger partial charge in [0, 0.05) is 25.0 Å². The van der Waals surface area contributed by atoms with E-state index >= 15 is 0 Å². The van der Waals surface area contributed by atoms with Crippen molar-refractivity contribution in [3.63, 3.8) is 0 Å². The number of rotatable bonds is 2. The van der Waals surface area contributed by atoms with E-state index in [4.69, 9.17) is 0 Å². The Morgan fingerprint density at radius 3 is 1.59 bits per heavy atom. The molecule has 0 N–H and O–H groups in total. The van der Waals surface area contributed by atoms with Crippen LogP contribution < -0.4 is 0 Å². The molecule has 0 atom stereocenters. The van der Waals surface area contributed by atoms with Crippen molar-refractivity contribution in [1.29, 1.82) is 0 Å². The third kappa shape index (κ3) is 2.34. The first kappa shape index (κ1) is 11.7. The van der Waals surface area contributed by atoms with Crippen molar-refractivity contribution in [2.24, 2.45) is 0 Å². The van der Waals surface area contributed by atoms with Crippen LogP contribution in [0.3, 0.4) is 0 Å². The van der Waals surface area contributed by atoms with Crippen LogP contribution in [0.2, 0.25) is 0 Å². The van der Waals surface area contributed by atoms with E-state index < -0.39 is 9.84 Å². The average Bonchev–Trinajstić information content (AvgIpc) is 2.29. The zero-order valence-electron chi connectivity index (χ0n) is 8.92. The van der Waals surface area contributed by atoms with Crippen LogP contribution in [0.15, 0.2) is 46.3 Å². The highest BCUT2D eigenvalue weighted by Crippen LogP contribution is 2.24. The van der Waals surface area contributed by atoms with Gasteiger partial charge in [-0.2, -0.15) is 0 Å². The maximum absolute atomic E-state index is 12.1. The molecule has 0 spiro atoms. The van der Waals surface area contributed by atoms with Crippen LogP contribution in [0.4, 0.5) is 0 Å². The van der Waals surface area contributed by atoms with Crippen LogP contribution in [-0.2, 0) is 19.4 Å². The molecule has 4 nitrogen and oxygen atoms in total. The maximum atomic E-state index is 12.1. The van der Waals surface area contributed by atoms with Crippen LogP contribution in [0.25, 0.3) is 0 Å². The third-order valence-electron chi connectivity index (χ3n) is 2.43. The summed E-state index contributed by atoms with van der Waals surface area (Å²) in [5.74, 6) is -0.504. The molecule has 5 heteroatoms. The number of carbonyl (C=O) groups excluding carboxylic acids is 2. The van der Waals surface area contributed by atoms with Crippen molar-refractivity contribution in [2.45, 2.75) is 12.8 Å². The lowest BCUT2D eigenvalue weighted by molar-refractivity contribution is -0.114. The van der Waals surface area contributed by atoms with Gasteiger partial charge in [0.05, 0.1) is 9.81 Å². The number of sulfone groups is 1. The normalized spacial score (nSPS) is 20.2. The van der Waals surface area contributed by atoms with E-state index in [1.807, 2.05) is 0 Å². The minimum absolute atomic E-state index is 0.0562. The van der Waals surface area contributed by atoms with E-state index in [1.54, 1.807) is 0 Å². The summed E-state index contributed by atoms with van der Waals surface area (Å²) in [6.07, 6.45) is 8.43. The van der Waals surface area contributed by atoms with E-state index in [-0.39, 0.29) is 34.2 Å². The van der Waals surface area contributed by atoms with Gasteiger partial charge < -0.3 is 0 Å². The highest BCUT2D eigenvalue weighted by Gasteiger charge is 2.24. The smallest absolute Gasteiger partial charge is 0.206 e. The zero-order valence-corrected chi connectivity index (χ0v) is 9.74. The number of hydrogen-bond donors (Lipinski definition) is 0. The molecular weight excluding hydrogens is 240 g/mol. The van der Waals surface area contributed by atoms with Gasteiger partial charge in [-0.25, -0.2) is 8.42 Å². The largest absolute Gasteiger partial charge is 0.294 e. The summed E-state index contributed by atoms with van der Waals surface area (Å²) in [5.41, 5.74) is 0. The molecule has 0 aromatic rings. The molecule has 2 aliphatic rings. The van der Waals surface area contributed by atoms with Crippen molar-refractivity contribution in [1.82, 2.24) is 0 Å². The monoisotopic (exact) mass is 250 g/mol. The molecule has 17 heavy (non-hydrogen) atoms. The van der Waals surface area contributed by atoms with E-state index in [9.17, 15) is 18.0 Å². The zero-order chi connectivity index (χ0) is 12.5. The van der Waals surface area contributed by atoms with E-state index in [2.05, 4.69) is 0 Å². The summed E-state index contributed by atoms with van der Waals surface area (Å²) in [4.78, 5) is 22.2. The molecule has 0 saturated heterocycles. The van der Waals surface area contributed by atoms with E-state index in [0.29, 0.717) is 0 Å². The third-order valence-corrected chi connectivity index (χ3v) is 4.18. The highest BCUT2D eigenvalue weighted by molar-refractivity contribution is 7.99. The molecule has 0 heterocycles. The van der Waals surface area contributed by atoms with Crippen molar-refractivity contribution in [3.05, 3.63) is 46.3 Å².